The van der Waals surface area contributed by atoms with E-state index in [2.05, 4.69) is 25.2 Å². The van der Waals surface area contributed by atoms with E-state index in [1.165, 1.54) is 6.39 Å². The number of amides is 1. The zero-order valence-corrected chi connectivity index (χ0v) is 27.5. The van der Waals surface area contributed by atoms with Gasteiger partial charge in [0.05, 0.1) is 36.6 Å². The highest BCUT2D eigenvalue weighted by molar-refractivity contribution is 7.59. The lowest BCUT2D eigenvalue weighted by atomic mass is 9.98. The number of ether oxygens (including phenoxy) is 2. The van der Waals surface area contributed by atoms with E-state index in [1.807, 2.05) is 17.0 Å². The number of rotatable bonds is 12. The van der Waals surface area contributed by atoms with E-state index in [4.69, 9.17) is 25.5 Å². The Kier molecular flexibility index (Phi) is 11.4. The molecule has 3 aliphatic heterocycles. The molecule has 2 fully saturated rings. The lowest BCUT2D eigenvalue weighted by Gasteiger charge is -2.39. The Balaban J connectivity index is 0.00000417. The first kappa shape index (κ1) is 33.9. The first-order valence-corrected chi connectivity index (χ1v) is 15.7. The largest absolute Gasteiger partial charge is 0.484 e. The number of aliphatic hydroxyl groups is 1. The van der Waals surface area contributed by atoms with Crippen LogP contribution in [0.4, 0.5) is 11.8 Å². The molecular weight excluding hydrogens is 634 g/mol. The molecule has 5 heterocycles. The number of likely N-dealkylation sites (tertiary alicyclic amines) is 1. The highest BCUT2D eigenvalue weighted by Crippen LogP contribution is 2.34. The predicted octanol–water partition coefficient (Wildman–Crippen LogP) is 2.67. The Bertz CT molecular complexity index is 1500. The van der Waals surface area contributed by atoms with Gasteiger partial charge >= 0.3 is 0 Å². The summed E-state index contributed by atoms with van der Waals surface area (Å²) in [5.74, 6) is 2.14. The van der Waals surface area contributed by atoms with Gasteiger partial charge in [-0.3, -0.25) is 14.5 Å². The zero-order chi connectivity index (χ0) is 31.3. The Morgan fingerprint density at radius 2 is 2.00 bits per heavy atom. The number of β-amino-alcohol motifs (C(OH)–C–C–N with tert-alkyl or cyclic N) is 1. The summed E-state index contributed by atoms with van der Waals surface area (Å²) >= 11 is 6.68. The van der Waals surface area contributed by atoms with Crippen molar-refractivity contribution < 1.29 is 28.6 Å². The maximum atomic E-state index is 13.3. The quantitative estimate of drug-likeness (QED) is 0.273. The Labute approximate surface area is 279 Å². The molecule has 1 aromatic carbocycles. The third-order valence-corrected chi connectivity index (χ3v) is 8.79. The number of halogens is 1. The average molecular weight is 674 g/mol. The first-order valence-electron chi connectivity index (χ1n) is 15.3. The smallest absolute Gasteiger partial charge is 0.228 e. The maximum absolute atomic E-state index is 13.3. The number of nitrogens with zero attached hydrogens (tertiary/aromatic N) is 6. The van der Waals surface area contributed by atoms with Crippen molar-refractivity contribution in [3.05, 3.63) is 58.4 Å². The van der Waals surface area contributed by atoms with Gasteiger partial charge < -0.3 is 34.1 Å². The summed E-state index contributed by atoms with van der Waals surface area (Å²) in [7, 11) is 0. The van der Waals surface area contributed by atoms with Gasteiger partial charge in [0.25, 0.3) is 0 Å². The molecule has 3 aliphatic rings. The fourth-order valence-electron chi connectivity index (χ4n) is 5.78. The fourth-order valence-corrected chi connectivity index (χ4v) is 6.12. The number of oxazole rings is 1. The van der Waals surface area contributed by atoms with Crippen LogP contribution in [0.5, 0.6) is 5.75 Å². The zero-order valence-electron chi connectivity index (χ0n) is 25.8. The average Bonchev–Trinajstić information content (AvgIpc) is 3.55. The molecule has 2 N–H and O–H groups in total. The molecule has 2 aromatic heterocycles. The molecule has 248 valence electrons. The van der Waals surface area contributed by atoms with Crippen LogP contribution >= 0.6 is 25.1 Å². The Hall–Kier alpha value is -3.43. The van der Waals surface area contributed by atoms with E-state index in [0.717, 1.165) is 24.1 Å². The number of benzene rings is 1. The molecule has 6 rings (SSSR count). The molecule has 46 heavy (non-hydrogen) atoms. The monoisotopic (exact) mass is 673 g/mol. The van der Waals surface area contributed by atoms with Crippen LogP contribution in [-0.4, -0.2) is 106 Å². The summed E-state index contributed by atoms with van der Waals surface area (Å²) in [4.78, 5) is 44.0. The third-order valence-electron chi connectivity index (χ3n) is 8.38. The minimum absolute atomic E-state index is 0. The topological polar surface area (TPSA) is 146 Å². The lowest BCUT2D eigenvalue weighted by Crippen LogP contribution is -2.56. The maximum Gasteiger partial charge on any atom is 0.228 e. The van der Waals surface area contributed by atoms with E-state index in [0.29, 0.717) is 92.9 Å². The molecule has 0 spiro atoms. The van der Waals surface area contributed by atoms with Gasteiger partial charge in [0.2, 0.25) is 11.9 Å². The summed E-state index contributed by atoms with van der Waals surface area (Å²) in [5, 5.41) is 14.8. The van der Waals surface area contributed by atoms with Gasteiger partial charge in [-0.15, -0.1) is 0 Å². The third kappa shape index (κ3) is 8.28. The SMILES string of the molecule is CC(=O)N1CC(Nc2cc(C(=O)CC[C@H](O)CN3CCc4c(ccc(OCc5cnco5)c4Cl)C3)nc(N3CCOCC3)n2)C1.S. The first-order chi connectivity index (χ1) is 21.8. The molecule has 0 bridgehead atoms. The van der Waals surface area contributed by atoms with Crippen LogP contribution in [0.1, 0.15) is 47.1 Å². The second-order valence-corrected chi connectivity index (χ2v) is 12.1. The van der Waals surface area contributed by atoms with E-state index >= 15 is 0 Å². The van der Waals surface area contributed by atoms with Gasteiger partial charge in [-0.1, -0.05) is 17.7 Å². The molecule has 0 unspecified atom stereocenters. The number of morpholine rings is 1. The number of aliphatic hydroxyl groups excluding tert-OH is 1. The van der Waals surface area contributed by atoms with Crippen LogP contribution in [-0.2, 0) is 29.1 Å². The Morgan fingerprint density at radius 3 is 2.74 bits per heavy atom. The second kappa shape index (κ2) is 15.4. The molecule has 0 saturated carbocycles. The van der Waals surface area contributed by atoms with Gasteiger partial charge in [0.1, 0.15) is 23.9 Å². The standard InChI is InChI=1S/C31H38ClN7O6.H2S/c1-20(40)39-15-22(16-39)34-29-12-26(35-31(36-29)38-8-10-43-11-9-38)27(42)4-3-23(41)17-37-7-6-25-21(14-37)2-5-28(30(25)32)44-18-24-13-33-19-45-24;/h2,5,12-13,19,22-23,41H,3-4,6-11,14-18H2,1H3,(H,34,35,36);1H2/t23-;/m0./s1. The minimum atomic E-state index is -0.679. The second-order valence-electron chi connectivity index (χ2n) is 11.7. The van der Waals surface area contributed by atoms with Gasteiger partial charge in [0, 0.05) is 65.2 Å². The number of nitrogens with one attached hydrogen (secondary N) is 1. The summed E-state index contributed by atoms with van der Waals surface area (Å²) in [6.07, 6.45) is 3.49. The molecule has 2 saturated heterocycles. The van der Waals surface area contributed by atoms with Crippen LogP contribution in [0.15, 0.2) is 35.2 Å². The number of Topliss-reactive ketones (excluding diaryl/α,β-unsaturated/α-hetero) is 1. The van der Waals surface area contributed by atoms with Crippen molar-refractivity contribution in [3.63, 3.8) is 0 Å². The molecule has 3 aromatic rings. The summed E-state index contributed by atoms with van der Waals surface area (Å²) in [5.41, 5.74) is 2.45. The van der Waals surface area contributed by atoms with Crippen LogP contribution in [0, 0.1) is 0 Å². The van der Waals surface area contributed by atoms with Crippen LogP contribution in [0.3, 0.4) is 0 Å². The van der Waals surface area contributed by atoms with Crippen molar-refractivity contribution in [2.45, 2.75) is 51.5 Å². The number of carbonyl (C=O) groups excluding carboxylic acids is 2. The van der Waals surface area contributed by atoms with E-state index in [1.54, 1.807) is 24.1 Å². The van der Waals surface area contributed by atoms with E-state index in [9.17, 15) is 14.7 Å². The van der Waals surface area contributed by atoms with Crippen LogP contribution < -0.4 is 15.0 Å². The number of anilines is 2. The van der Waals surface area contributed by atoms with Gasteiger partial charge in [0.15, 0.2) is 17.9 Å². The summed E-state index contributed by atoms with van der Waals surface area (Å²) in [6.45, 7) is 7.21. The normalized spacial score (nSPS) is 17.5. The highest BCUT2D eigenvalue weighted by atomic mass is 35.5. The number of hydrogen-bond acceptors (Lipinski definition) is 12. The molecule has 1 atom stereocenters. The number of carbonyl (C=O) groups is 2. The summed E-state index contributed by atoms with van der Waals surface area (Å²) in [6, 6.07) is 5.60. The number of hydrogen-bond donors (Lipinski definition) is 2. The minimum Gasteiger partial charge on any atom is -0.484 e. The van der Waals surface area contributed by atoms with Crippen molar-refractivity contribution in [2.75, 3.05) is 62.7 Å². The van der Waals surface area contributed by atoms with Crippen LogP contribution in [0.2, 0.25) is 5.02 Å². The van der Waals surface area contributed by atoms with Crippen molar-refractivity contribution in [1.29, 1.82) is 0 Å². The molecule has 15 heteroatoms. The van der Waals surface area contributed by atoms with Crippen molar-refractivity contribution in [3.8, 4) is 5.75 Å². The van der Waals surface area contributed by atoms with Gasteiger partial charge in [-0.25, -0.2) is 9.97 Å². The highest BCUT2D eigenvalue weighted by Gasteiger charge is 2.30. The molecule has 0 aliphatic carbocycles. The molecular formula is C31H40ClN7O6S. The molecule has 1 amide bonds. The van der Waals surface area contributed by atoms with Crippen molar-refractivity contribution >= 4 is 48.6 Å². The van der Waals surface area contributed by atoms with Crippen LogP contribution in [0.25, 0.3) is 0 Å². The van der Waals surface area contributed by atoms with E-state index < -0.39 is 6.10 Å². The van der Waals surface area contributed by atoms with E-state index in [-0.39, 0.29) is 44.3 Å². The Morgan fingerprint density at radius 1 is 1.20 bits per heavy atom. The molecule has 0 radical (unpaired) electrons. The van der Waals surface area contributed by atoms with Gasteiger partial charge in [-0.2, -0.15) is 18.5 Å². The number of fused-ring (bicyclic) bond motifs is 1. The number of ketones is 1. The van der Waals surface area contributed by atoms with Crippen molar-refractivity contribution in [2.24, 2.45) is 0 Å². The summed E-state index contributed by atoms with van der Waals surface area (Å²) < 4.78 is 16.5. The lowest BCUT2D eigenvalue weighted by molar-refractivity contribution is -0.132. The number of aromatic nitrogens is 3. The molecule has 13 nitrogen and oxygen atoms in total. The van der Waals surface area contributed by atoms with Crippen molar-refractivity contribution in [1.82, 2.24) is 24.8 Å². The predicted molar refractivity (Wildman–Crippen MR) is 176 cm³/mol. The fraction of sp³-hybridized carbons (Fsp3) is 0.516. The van der Waals surface area contributed by atoms with Gasteiger partial charge in [-0.05, 0) is 30.0 Å².